The number of ether oxygens (including phenoxy) is 2. The molecule has 0 spiro atoms. The van der Waals surface area contributed by atoms with Gasteiger partial charge in [-0.15, -0.1) is 11.3 Å². The summed E-state index contributed by atoms with van der Waals surface area (Å²) in [5, 5.41) is 5.82. The normalized spacial score (nSPS) is 10.8. The molecule has 0 atom stereocenters. The minimum atomic E-state index is -0.177. The molecule has 0 bridgehead atoms. The molecule has 0 aliphatic carbocycles. The molecular weight excluding hydrogens is 384 g/mol. The Balaban J connectivity index is 1.47. The number of aromatic nitrogens is 1. The highest BCUT2D eigenvalue weighted by Gasteiger charge is 2.04. The number of amides is 1. The summed E-state index contributed by atoms with van der Waals surface area (Å²) in [5.74, 6) is 1.37. The van der Waals surface area contributed by atoms with Gasteiger partial charge in [-0.05, 0) is 37.6 Å². The summed E-state index contributed by atoms with van der Waals surface area (Å²) in [6.07, 6.45) is 3.25. The van der Waals surface area contributed by atoms with Gasteiger partial charge in [-0.25, -0.2) is 4.98 Å². The number of para-hydroxylation sites is 2. The summed E-state index contributed by atoms with van der Waals surface area (Å²) < 4.78 is 11.5. The Morgan fingerprint density at radius 1 is 1.07 bits per heavy atom. The zero-order valence-corrected chi connectivity index (χ0v) is 17.4. The summed E-state index contributed by atoms with van der Waals surface area (Å²) in [5.41, 5.74) is 2.81. The minimum absolute atomic E-state index is 0.177. The molecule has 1 aromatic heterocycles. The van der Waals surface area contributed by atoms with Crippen LogP contribution >= 0.6 is 11.3 Å². The Bertz CT molecular complexity index is 982. The molecule has 2 aromatic carbocycles. The Morgan fingerprint density at radius 3 is 2.59 bits per heavy atom. The highest BCUT2D eigenvalue weighted by molar-refractivity contribution is 7.09. The average molecular weight is 409 g/mol. The molecule has 0 aliphatic rings. The topological polar surface area (TPSA) is 60.5 Å². The van der Waals surface area contributed by atoms with Gasteiger partial charge in [-0.1, -0.05) is 36.4 Å². The van der Waals surface area contributed by atoms with E-state index in [-0.39, 0.29) is 5.91 Å². The van der Waals surface area contributed by atoms with E-state index in [0.717, 1.165) is 27.6 Å². The molecule has 3 rings (SSSR count). The molecule has 5 nitrogen and oxygen atoms in total. The predicted molar refractivity (Wildman–Crippen MR) is 116 cm³/mol. The van der Waals surface area contributed by atoms with Gasteiger partial charge in [0.05, 0.1) is 17.2 Å². The van der Waals surface area contributed by atoms with Gasteiger partial charge >= 0.3 is 0 Å². The van der Waals surface area contributed by atoms with Crippen LogP contribution < -0.4 is 14.8 Å². The first-order valence-corrected chi connectivity index (χ1v) is 10.3. The average Bonchev–Trinajstić information content (AvgIpc) is 3.15. The highest BCUT2D eigenvalue weighted by atomic mass is 32.1. The van der Waals surface area contributed by atoms with E-state index < -0.39 is 0 Å². The number of nitrogens with one attached hydrogen (secondary N) is 1. The van der Waals surface area contributed by atoms with E-state index >= 15 is 0 Å². The van der Waals surface area contributed by atoms with Crippen molar-refractivity contribution in [2.45, 2.75) is 20.5 Å². The van der Waals surface area contributed by atoms with E-state index in [1.165, 1.54) is 6.08 Å². The second kappa shape index (κ2) is 10.4. The van der Waals surface area contributed by atoms with Gasteiger partial charge in [0.1, 0.15) is 24.7 Å². The molecule has 1 N–H and O–H groups in total. The molecule has 0 saturated carbocycles. The third-order valence-corrected chi connectivity index (χ3v) is 4.95. The Morgan fingerprint density at radius 2 is 1.83 bits per heavy atom. The molecule has 0 aliphatic heterocycles. The number of aryl methyl sites for hydroxylation is 2. The molecule has 0 unspecified atom stereocenters. The van der Waals surface area contributed by atoms with Crippen LogP contribution in [0.1, 0.15) is 21.8 Å². The molecule has 3 aromatic rings. The minimum Gasteiger partial charge on any atom is -0.491 e. The fourth-order valence-corrected chi connectivity index (χ4v) is 3.25. The number of rotatable bonds is 9. The van der Waals surface area contributed by atoms with Crippen molar-refractivity contribution in [1.29, 1.82) is 0 Å². The maximum atomic E-state index is 12.1. The van der Waals surface area contributed by atoms with E-state index in [2.05, 4.69) is 10.3 Å². The van der Waals surface area contributed by atoms with Crippen molar-refractivity contribution in [3.63, 3.8) is 0 Å². The summed E-state index contributed by atoms with van der Waals surface area (Å²) in [4.78, 5) is 16.5. The fourth-order valence-electron chi connectivity index (χ4n) is 2.65. The summed E-state index contributed by atoms with van der Waals surface area (Å²) >= 11 is 1.60. The van der Waals surface area contributed by atoms with Gasteiger partial charge in [-0.3, -0.25) is 4.79 Å². The van der Waals surface area contributed by atoms with Crippen LogP contribution in [-0.2, 0) is 11.4 Å². The zero-order valence-electron chi connectivity index (χ0n) is 16.6. The molecule has 6 heteroatoms. The van der Waals surface area contributed by atoms with E-state index in [1.807, 2.05) is 67.8 Å². The number of hydrogen-bond donors (Lipinski definition) is 1. The van der Waals surface area contributed by atoms with E-state index in [9.17, 15) is 4.79 Å². The summed E-state index contributed by atoms with van der Waals surface area (Å²) in [6.45, 7) is 5.20. The smallest absolute Gasteiger partial charge is 0.244 e. The van der Waals surface area contributed by atoms with Crippen LogP contribution in [0.4, 0.5) is 0 Å². The van der Waals surface area contributed by atoms with Crippen molar-refractivity contribution >= 4 is 23.3 Å². The number of carbonyl (C=O) groups is 1. The zero-order chi connectivity index (χ0) is 20.5. The first-order valence-electron chi connectivity index (χ1n) is 9.39. The number of benzene rings is 2. The Kier molecular flexibility index (Phi) is 7.41. The van der Waals surface area contributed by atoms with Gasteiger partial charge in [0, 0.05) is 17.0 Å². The predicted octanol–water partition coefficient (Wildman–Crippen LogP) is 4.55. The van der Waals surface area contributed by atoms with Crippen LogP contribution in [0, 0.1) is 13.8 Å². The van der Waals surface area contributed by atoms with Gasteiger partial charge in [0.2, 0.25) is 5.91 Å². The van der Waals surface area contributed by atoms with Gasteiger partial charge in [-0.2, -0.15) is 0 Å². The van der Waals surface area contributed by atoms with Crippen LogP contribution in [0.3, 0.4) is 0 Å². The molecule has 1 amide bonds. The lowest BCUT2D eigenvalue weighted by molar-refractivity contribution is -0.116. The molecule has 0 radical (unpaired) electrons. The number of nitrogens with zero attached hydrogens (tertiary/aromatic N) is 1. The Hall–Kier alpha value is -3.12. The fraction of sp³-hybridized carbons (Fsp3) is 0.217. The van der Waals surface area contributed by atoms with Crippen molar-refractivity contribution in [2.75, 3.05) is 13.2 Å². The van der Waals surface area contributed by atoms with Crippen LogP contribution in [0.25, 0.3) is 6.08 Å². The molecule has 1 heterocycles. The monoisotopic (exact) mass is 408 g/mol. The Labute approximate surface area is 175 Å². The van der Waals surface area contributed by atoms with Crippen molar-refractivity contribution < 1.29 is 14.3 Å². The molecule has 29 heavy (non-hydrogen) atoms. The van der Waals surface area contributed by atoms with Crippen molar-refractivity contribution in [3.05, 3.63) is 81.8 Å². The van der Waals surface area contributed by atoms with Crippen LogP contribution in [0.5, 0.6) is 11.5 Å². The van der Waals surface area contributed by atoms with Crippen LogP contribution in [0.15, 0.2) is 60.0 Å². The first kappa shape index (κ1) is 20.6. The van der Waals surface area contributed by atoms with Crippen molar-refractivity contribution in [3.8, 4) is 11.5 Å². The number of carbonyl (C=O) groups excluding carboxylic acids is 1. The lowest BCUT2D eigenvalue weighted by Gasteiger charge is -2.09. The second-order valence-corrected chi connectivity index (χ2v) is 7.48. The van der Waals surface area contributed by atoms with Crippen LogP contribution in [0.2, 0.25) is 0 Å². The van der Waals surface area contributed by atoms with Crippen LogP contribution in [-0.4, -0.2) is 24.0 Å². The van der Waals surface area contributed by atoms with Gasteiger partial charge in [0.25, 0.3) is 0 Å². The molecule has 0 fully saturated rings. The van der Waals surface area contributed by atoms with Gasteiger partial charge < -0.3 is 14.8 Å². The first-order chi connectivity index (χ1) is 14.1. The third kappa shape index (κ3) is 6.47. The standard InChI is InChI=1S/C23H24N2O3S/c1-17-7-3-5-9-21(17)27-14-13-24-23(26)12-11-19-8-4-6-10-22(19)28-15-20-16-29-18(2)25-20/h3-12,16H,13-15H2,1-2H3,(H,24,26)/b12-11+. The maximum absolute atomic E-state index is 12.1. The SMILES string of the molecule is Cc1nc(COc2ccccc2/C=C/C(=O)NCCOc2ccccc2C)cs1. The maximum Gasteiger partial charge on any atom is 0.244 e. The van der Waals surface area contributed by atoms with Crippen molar-refractivity contribution in [2.24, 2.45) is 0 Å². The summed E-state index contributed by atoms with van der Waals surface area (Å²) in [7, 11) is 0. The highest BCUT2D eigenvalue weighted by Crippen LogP contribution is 2.21. The van der Waals surface area contributed by atoms with Gasteiger partial charge in [0.15, 0.2) is 0 Å². The molecular formula is C23H24N2O3S. The molecule has 150 valence electrons. The van der Waals surface area contributed by atoms with E-state index in [0.29, 0.717) is 25.5 Å². The third-order valence-electron chi connectivity index (χ3n) is 4.13. The van der Waals surface area contributed by atoms with Crippen molar-refractivity contribution in [1.82, 2.24) is 10.3 Å². The largest absolute Gasteiger partial charge is 0.491 e. The second-order valence-electron chi connectivity index (χ2n) is 6.42. The lowest BCUT2D eigenvalue weighted by Crippen LogP contribution is -2.26. The number of hydrogen-bond acceptors (Lipinski definition) is 5. The quantitative estimate of drug-likeness (QED) is 0.417. The molecule has 0 saturated heterocycles. The number of thiazole rings is 1. The lowest BCUT2D eigenvalue weighted by atomic mass is 10.2. The summed E-state index contributed by atoms with van der Waals surface area (Å²) in [6, 6.07) is 15.4. The van der Waals surface area contributed by atoms with E-state index in [4.69, 9.17) is 9.47 Å². The van der Waals surface area contributed by atoms with E-state index in [1.54, 1.807) is 17.4 Å².